The Morgan fingerprint density at radius 1 is 1.13 bits per heavy atom. The predicted molar refractivity (Wildman–Crippen MR) is 51.3 cm³/mol. The van der Waals surface area contributed by atoms with E-state index in [0.717, 1.165) is 11.5 Å². The van der Waals surface area contributed by atoms with Crippen molar-refractivity contribution < 1.29 is 17.6 Å². The Hall–Kier alpha value is -1.71. The number of furan rings is 1. The van der Waals surface area contributed by atoms with Gasteiger partial charge in [-0.1, -0.05) is 18.2 Å². The molecule has 0 atom stereocenters. The molecule has 0 bridgehead atoms. The molecule has 0 fully saturated rings. The van der Waals surface area contributed by atoms with Gasteiger partial charge in [0.25, 0.3) is 0 Å². The van der Waals surface area contributed by atoms with Crippen molar-refractivity contribution in [3.05, 3.63) is 42.2 Å². The monoisotopic (exact) mass is 212 g/mol. The van der Waals surface area contributed by atoms with Crippen LogP contribution in [0.4, 0.5) is 13.2 Å². The fourth-order valence-electron chi connectivity index (χ4n) is 1.26. The maximum atomic E-state index is 11.9. The molecule has 1 aromatic carbocycles. The number of hydrogen-bond donors (Lipinski definition) is 0. The van der Waals surface area contributed by atoms with Crippen LogP contribution in [0.2, 0.25) is 0 Å². The number of hydrogen-bond acceptors (Lipinski definition) is 1. The summed E-state index contributed by atoms with van der Waals surface area (Å²) in [6.45, 7) is 0. The fourth-order valence-corrected chi connectivity index (χ4v) is 1.26. The van der Waals surface area contributed by atoms with Crippen LogP contribution >= 0.6 is 0 Å². The lowest BCUT2D eigenvalue weighted by atomic mass is 10.2. The van der Waals surface area contributed by atoms with Crippen LogP contribution in [0, 0.1) is 0 Å². The van der Waals surface area contributed by atoms with E-state index in [2.05, 4.69) is 0 Å². The number of benzene rings is 1. The van der Waals surface area contributed by atoms with Gasteiger partial charge in [0, 0.05) is 11.5 Å². The normalized spacial score (nSPS) is 12.7. The number of allylic oxidation sites excluding steroid dienone is 1. The van der Waals surface area contributed by atoms with Gasteiger partial charge in [0.15, 0.2) is 0 Å². The summed E-state index contributed by atoms with van der Waals surface area (Å²) in [5.74, 6) is 0.202. The summed E-state index contributed by atoms with van der Waals surface area (Å²) in [7, 11) is 0. The smallest absolute Gasteiger partial charge is 0.409 e. The Balaban J connectivity index is 2.34. The van der Waals surface area contributed by atoms with Gasteiger partial charge in [0.05, 0.1) is 0 Å². The third-order valence-corrected chi connectivity index (χ3v) is 1.88. The molecule has 4 heteroatoms. The Bertz CT molecular complexity index is 461. The number of rotatable bonds is 1. The molecule has 0 radical (unpaired) electrons. The van der Waals surface area contributed by atoms with E-state index in [0.29, 0.717) is 5.58 Å². The van der Waals surface area contributed by atoms with E-state index in [4.69, 9.17) is 4.42 Å². The van der Waals surface area contributed by atoms with E-state index >= 15 is 0 Å². The van der Waals surface area contributed by atoms with Crippen molar-refractivity contribution in [2.24, 2.45) is 0 Å². The molecule has 0 saturated carbocycles. The molecule has 0 spiro atoms. The second-order valence-corrected chi connectivity index (χ2v) is 3.06. The lowest BCUT2D eigenvalue weighted by Gasteiger charge is -1.95. The molecule has 0 unspecified atom stereocenters. The summed E-state index contributed by atoms with van der Waals surface area (Å²) >= 11 is 0. The van der Waals surface area contributed by atoms with Crippen molar-refractivity contribution in [2.45, 2.75) is 6.18 Å². The number of halogens is 3. The molecule has 0 saturated heterocycles. The zero-order chi connectivity index (χ0) is 10.9. The maximum Gasteiger partial charge on any atom is 0.409 e. The quantitative estimate of drug-likeness (QED) is 0.696. The van der Waals surface area contributed by atoms with E-state index in [1.165, 1.54) is 0 Å². The van der Waals surface area contributed by atoms with Crippen LogP contribution in [0.1, 0.15) is 5.76 Å². The van der Waals surface area contributed by atoms with Gasteiger partial charge in [-0.05, 0) is 18.2 Å². The molecule has 1 aromatic heterocycles. The first-order chi connectivity index (χ1) is 7.04. The van der Waals surface area contributed by atoms with Crippen LogP contribution in [-0.4, -0.2) is 6.18 Å². The van der Waals surface area contributed by atoms with Crippen molar-refractivity contribution in [3.8, 4) is 0 Å². The molecule has 78 valence electrons. The van der Waals surface area contributed by atoms with E-state index in [-0.39, 0.29) is 11.8 Å². The minimum atomic E-state index is -4.31. The first-order valence-electron chi connectivity index (χ1n) is 4.29. The standard InChI is InChI=1S/C11H7F3O/c12-11(13,14)6-5-9-7-8-3-1-2-4-10(8)15-9/h1-7H/b6-5-. The van der Waals surface area contributed by atoms with Crippen molar-refractivity contribution in [2.75, 3.05) is 0 Å². The maximum absolute atomic E-state index is 11.9. The van der Waals surface area contributed by atoms with Gasteiger partial charge in [-0.15, -0.1) is 0 Å². The van der Waals surface area contributed by atoms with Gasteiger partial charge in [0.2, 0.25) is 0 Å². The Morgan fingerprint density at radius 3 is 2.53 bits per heavy atom. The van der Waals surface area contributed by atoms with Gasteiger partial charge in [-0.25, -0.2) is 0 Å². The molecule has 1 nitrogen and oxygen atoms in total. The van der Waals surface area contributed by atoms with Gasteiger partial charge >= 0.3 is 6.18 Å². The highest BCUT2D eigenvalue weighted by Gasteiger charge is 2.22. The van der Waals surface area contributed by atoms with Crippen molar-refractivity contribution >= 4 is 17.0 Å². The second kappa shape index (κ2) is 3.46. The van der Waals surface area contributed by atoms with Crippen LogP contribution in [0.25, 0.3) is 17.0 Å². The number of fused-ring (bicyclic) bond motifs is 1. The summed E-state index contributed by atoms with van der Waals surface area (Å²) < 4.78 is 40.8. The van der Waals surface area contributed by atoms with E-state index < -0.39 is 6.18 Å². The van der Waals surface area contributed by atoms with Gasteiger partial charge in [-0.3, -0.25) is 0 Å². The molecule has 0 N–H and O–H groups in total. The summed E-state index contributed by atoms with van der Waals surface area (Å²) in [5, 5.41) is 0.791. The molecular weight excluding hydrogens is 205 g/mol. The highest BCUT2D eigenvalue weighted by molar-refractivity contribution is 5.79. The summed E-state index contributed by atoms with van der Waals surface area (Å²) in [6.07, 6.45) is -3.23. The lowest BCUT2D eigenvalue weighted by Crippen LogP contribution is -1.99. The Morgan fingerprint density at radius 2 is 1.87 bits per heavy atom. The molecule has 15 heavy (non-hydrogen) atoms. The van der Waals surface area contributed by atoms with Crippen LogP contribution < -0.4 is 0 Å². The molecule has 2 aromatic rings. The molecule has 0 aliphatic heterocycles. The van der Waals surface area contributed by atoms with Crippen LogP contribution in [0.3, 0.4) is 0 Å². The average Bonchev–Trinajstić information content (AvgIpc) is 2.56. The first kappa shape index (κ1) is 9.83. The van der Waals surface area contributed by atoms with Crippen LogP contribution in [0.5, 0.6) is 0 Å². The SMILES string of the molecule is FC(F)(F)/C=C\c1cc2ccccc2o1. The summed E-state index contributed by atoms with van der Waals surface area (Å²) in [4.78, 5) is 0. The third kappa shape index (κ3) is 2.40. The number of para-hydroxylation sites is 1. The van der Waals surface area contributed by atoms with E-state index in [9.17, 15) is 13.2 Å². The zero-order valence-corrected chi connectivity index (χ0v) is 7.58. The van der Waals surface area contributed by atoms with Crippen LogP contribution in [0.15, 0.2) is 40.8 Å². The second-order valence-electron chi connectivity index (χ2n) is 3.06. The lowest BCUT2D eigenvalue weighted by molar-refractivity contribution is -0.0791. The molecule has 0 amide bonds. The van der Waals surface area contributed by atoms with Crippen LogP contribution in [-0.2, 0) is 0 Å². The van der Waals surface area contributed by atoms with Crippen molar-refractivity contribution in [1.82, 2.24) is 0 Å². The van der Waals surface area contributed by atoms with E-state index in [1.54, 1.807) is 30.3 Å². The molecular formula is C11H7F3O. The molecule has 1 heterocycles. The summed E-state index contributed by atoms with van der Waals surface area (Å²) in [5.41, 5.74) is 0.583. The van der Waals surface area contributed by atoms with Gasteiger partial charge in [-0.2, -0.15) is 13.2 Å². The van der Waals surface area contributed by atoms with Gasteiger partial charge in [0.1, 0.15) is 11.3 Å². The van der Waals surface area contributed by atoms with Crippen molar-refractivity contribution in [1.29, 1.82) is 0 Å². The first-order valence-corrected chi connectivity index (χ1v) is 4.29. The largest absolute Gasteiger partial charge is 0.457 e. The molecule has 0 aliphatic carbocycles. The fraction of sp³-hybridized carbons (Fsp3) is 0.0909. The highest BCUT2D eigenvalue weighted by atomic mass is 19.4. The third-order valence-electron chi connectivity index (χ3n) is 1.88. The summed E-state index contributed by atoms with van der Waals surface area (Å²) in [6, 6.07) is 8.62. The molecule has 0 aliphatic rings. The van der Waals surface area contributed by atoms with Crippen molar-refractivity contribution in [3.63, 3.8) is 0 Å². The minimum absolute atomic E-state index is 0.157. The van der Waals surface area contributed by atoms with Gasteiger partial charge < -0.3 is 4.42 Å². The topological polar surface area (TPSA) is 13.1 Å². The van der Waals surface area contributed by atoms with E-state index in [1.807, 2.05) is 0 Å². The predicted octanol–water partition coefficient (Wildman–Crippen LogP) is 4.01. The molecule has 2 rings (SSSR count). The highest BCUT2D eigenvalue weighted by Crippen LogP contribution is 2.22. The number of alkyl halides is 3. The Kier molecular flexibility index (Phi) is 2.26. The average molecular weight is 212 g/mol. The zero-order valence-electron chi connectivity index (χ0n) is 7.58. The Labute approximate surface area is 83.8 Å². The minimum Gasteiger partial charge on any atom is -0.457 e.